The van der Waals surface area contributed by atoms with Crippen molar-refractivity contribution in [3.05, 3.63) is 28.8 Å². The summed E-state index contributed by atoms with van der Waals surface area (Å²) in [6.45, 7) is 1.61. The molecule has 5 heteroatoms. The van der Waals surface area contributed by atoms with Crippen molar-refractivity contribution in [2.75, 3.05) is 7.11 Å². The van der Waals surface area contributed by atoms with Gasteiger partial charge in [-0.05, 0) is 24.6 Å². The van der Waals surface area contributed by atoms with Crippen LogP contribution in [-0.4, -0.2) is 29.6 Å². The van der Waals surface area contributed by atoms with E-state index in [1.807, 2.05) is 0 Å². The quantitative estimate of drug-likeness (QED) is 0.743. The van der Waals surface area contributed by atoms with Gasteiger partial charge in [-0.25, -0.2) is 4.79 Å². The van der Waals surface area contributed by atoms with Gasteiger partial charge in [-0.3, -0.25) is 4.79 Å². The van der Waals surface area contributed by atoms with Gasteiger partial charge in [-0.2, -0.15) is 0 Å². The summed E-state index contributed by atoms with van der Waals surface area (Å²) in [4.78, 5) is 21.3. The molecule has 1 unspecified atom stereocenters. The van der Waals surface area contributed by atoms with Gasteiger partial charge in [0, 0.05) is 11.1 Å². The Morgan fingerprint density at radius 3 is 2.56 bits per heavy atom. The first-order valence-corrected chi connectivity index (χ1v) is 4.55. The molecule has 5 nitrogen and oxygen atoms in total. The lowest BCUT2D eigenvalue weighted by molar-refractivity contribution is -0.147. The van der Waals surface area contributed by atoms with Crippen molar-refractivity contribution < 1.29 is 24.5 Å². The fourth-order valence-corrected chi connectivity index (χ4v) is 1.50. The number of hydrogen-bond acceptors (Lipinski definition) is 4. The first-order chi connectivity index (χ1) is 7.51. The summed E-state index contributed by atoms with van der Waals surface area (Å²) in [6, 6.07) is 2.89. The number of hydrogen-bond donors (Lipinski definition) is 2. The molecule has 1 rings (SSSR count). The number of carbonyl (C=O) groups is 2. The Hall–Kier alpha value is -1.88. The first-order valence-electron chi connectivity index (χ1n) is 4.55. The van der Waals surface area contributed by atoms with E-state index in [1.54, 1.807) is 6.92 Å². The Labute approximate surface area is 92.3 Å². The van der Waals surface area contributed by atoms with E-state index >= 15 is 0 Å². The fraction of sp³-hybridized carbons (Fsp3) is 0.273. The van der Waals surface area contributed by atoms with Crippen LogP contribution in [0.3, 0.4) is 0 Å². The third-order valence-corrected chi connectivity index (χ3v) is 2.23. The second kappa shape index (κ2) is 4.76. The minimum atomic E-state index is -1.66. The Morgan fingerprint density at radius 2 is 2.12 bits per heavy atom. The molecule has 0 heterocycles. The summed E-state index contributed by atoms with van der Waals surface area (Å²) in [5.74, 6) is -1.17. The third-order valence-electron chi connectivity index (χ3n) is 2.23. The predicted molar refractivity (Wildman–Crippen MR) is 55.7 cm³/mol. The van der Waals surface area contributed by atoms with E-state index in [4.69, 9.17) is 9.84 Å². The van der Waals surface area contributed by atoms with Crippen LogP contribution < -0.4 is 4.74 Å². The van der Waals surface area contributed by atoms with Gasteiger partial charge in [-0.1, -0.05) is 0 Å². The molecule has 86 valence electrons. The van der Waals surface area contributed by atoms with Crippen LogP contribution in [-0.2, 0) is 4.79 Å². The van der Waals surface area contributed by atoms with Gasteiger partial charge in [0.1, 0.15) is 12.0 Å². The largest absolute Gasteiger partial charge is 0.496 e. The molecular formula is C11H12O5. The van der Waals surface area contributed by atoms with E-state index in [-0.39, 0.29) is 11.3 Å². The van der Waals surface area contributed by atoms with Crippen LogP contribution in [0.15, 0.2) is 12.1 Å². The maximum absolute atomic E-state index is 10.7. The lowest BCUT2D eigenvalue weighted by Gasteiger charge is -2.14. The summed E-state index contributed by atoms with van der Waals surface area (Å²) in [7, 11) is 1.35. The zero-order valence-corrected chi connectivity index (χ0v) is 8.93. The number of carboxylic acid groups (broad SMARTS) is 1. The summed E-state index contributed by atoms with van der Waals surface area (Å²) >= 11 is 0. The molecule has 1 aromatic carbocycles. The monoisotopic (exact) mass is 224 g/mol. The number of aldehydes is 1. The number of benzene rings is 1. The standard InChI is InChI=1S/C11H12O5/c1-6-3-7(5-12)4-8(16-2)9(6)10(13)11(14)15/h3-5,10,13H,1-2H3,(H,14,15). The molecule has 0 saturated carbocycles. The van der Waals surface area contributed by atoms with Crippen molar-refractivity contribution in [3.63, 3.8) is 0 Å². The number of aryl methyl sites for hydroxylation is 1. The average molecular weight is 224 g/mol. The highest BCUT2D eigenvalue weighted by Crippen LogP contribution is 2.29. The number of aliphatic hydroxyl groups is 1. The molecule has 0 radical (unpaired) electrons. The van der Waals surface area contributed by atoms with E-state index in [1.165, 1.54) is 19.2 Å². The van der Waals surface area contributed by atoms with Gasteiger partial charge in [0.2, 0.25) is 0 Å². The fourth-order valence-electron chi connectivity index (χ4n) is 1.50. The molecule has 1 atom stereocenters. The SMILES string of the molecule is COc1cc(C=O)cc(C)c1C(O)C(=O)O. The van der Waals surface area contributed by atoms with E-state index in [0.29, 0.717) is 17.4 Å². The van der Waals surface area contributed by atoms with Crippen LogP contribution in [0.5, 0.6) is 5.75 Å². The number of aliphatic carboxylic acids is 1. The molecule has 0 saturated heterocycles. The third kappa shape index (κ3) is 2.20. The highest BCUT2D eigenvalue weighted by Gasteiger charge is 2.23. The topological polar surface area (TPSA) is 83.8 Å². The van der Waals surface area contributed by atoms with Gasteiger partial charge in [-0.15, -0.1) is 0 Å². The van der Waals surface area contributed by atoms with Crippen LogP contribution in [0.2, 0.25) is 0 Å². The summed E-state index contributed by atoms with van der Waals surface area (Å²) in [6.07, 6.45) is -1.03. The van der Waals surface area contributed by atoms with Gasteiger partial charge in [0.25, 0.3) is 0 Å². The molecule has 0 aliphatic rings. The second-order valence-electron chi connectivity index (χ2n) is 3.31. The minimum Gasteiger partial charge on any atom is -0.496 e. The van der Waals surface area contributed by atoms with E-state index in [9.17, 15) is 14.7 Å². The van der Waals surface area contributed by atoms with Crippen LogP contribution in [0, 0.1) is 6.92 Å². The number of carbonyl (C=O) groups excluding carboxylic acids is 1. The van der Waals surface area contributed by atoms with Gasteiger partial charge >= 0.3 is 5.97 Å². The lowest BCUT2D eigenvalue weighted by Crippen LogP contribution is -2.13. The maximum Gasteiger partial charge on any atom is 0.337 e. The Balaban J connectivity index is 3.37. The van der Waals surface area contributed by atoms with Crippen molar-refractivity contribution in [2.45, 2.75) is 13.0 Å². The summed E-state index contributed by atoms with van der Waals surface area (Å²) in [5, 5.41) is 18.2. The summed E-state index contributed by atoms with van der Waals surface area (Å²) < 4.78 is 4.96. The van der Waals surface area contributed by atoms with Gasteiger partial charge in [0.15, 0.2) is 6.10 Å². The molecule has 16 heavy (non-hydrogen) atoms. The molecule has 0 aromatic heterocycles. The lowest BCUT2D eigenvalue weighted by atomic mass is 9.99. The second-order valence-corrected chi connectivity index (χ2v) is 3.31. The first kappa shape index (κ1) is 12.2. The van der Waals surface area contributed by atoms with Gasteiger partial charge in [0.05, 0.1) is 7.11 Å². The molecule has 2 N–H and O–H groups in total. The zero-order chi connectivity index (χ0) is 12.3. The highest BCUT2D eigenvalue weighted by atomic mass is 16.5. The van der Waals surface area contributed by atoms with Crippen molar-refractivity contribution in [2.24, 2.45) is 0 Å². The average Bonchev–Trinajstić information content (AvgIpc) is 2.26. The zero-order valence-electron chi connectivity index (χ0n) is 8.93. The van der Waals surface area contributed by atoms with Crippen LogP contribution in [0.25, 0.3) is 0 Å². The molecule has 0 amide bonds. The molecule has 0 aliphatic heterocycles. The Bertz CT molecular complexity index is 425. The maximum atomic E-state index is 10.7. The summed E-state index contributed by atoms with van der Waals surface area (Å²) in [5.41, 5.74) is 1.03. The number of methoxy groups -OCH3 is 1. The Kier molecular flexibility index (Phi) is 3.63. The van der Waals surface area contributed by atoms with E-state index < -0.39 is 12.1 Å². The Morgan fingerprint density at radius 1 is 1.50 bits per heavy atom. The molecule has 0 aliphatic carbocycles. The molecular weight excluding hydrogens is 212 g/mol. The van der Waals surface area contributed by atoms with Crippen molar-refractivity contribution in [3.8, 4) is 5.75 Å². The number of rotatable bonds is 4. The number of aliphatic hydroxyl groups excluding tert-OH is 1. The minimum absolute atomic E-state index is 0.167. The van der Waals surface area contributed by atoms with Crippen LogP contribution >= 0.6 is 0 Å². The molecule has 0 spiro atoms. The predicted octanol–water partition coefficient (Wildman–Crippen LogP) is 0.934. The van der Waals surface area contributed by atoms with E-state index in [2.05, 4.69) is 0 Å². The van der Waals surface area contributed by atoms with E-state index in [0.717, 1.165) is 0 Å². The van der Waals surface area contributed by atoms with Crippen LogP contribution in [0.1, 0.15) is 27.6 Å². The van der Waals surface area contributed by atoms with Crippen molar-refractivity contribution in [1.29, 1.82) is 0 Å². The normalized spacial score (nSPS) is 11.9. The number of carboxylic acids is 1. The highest BCUT2D eigenvalue weighted by molar-refractivity contribution is 5.80. The smallest absolute Gasteiger partial charge is 0.337 e. The van der Waals surface area contributed by atoms with Crippen molar-refractivity contribution in [1.82, 2.24) is 0 Å². The number of ether oxygens (including phenoxy) is 1. The molecule has 0 fully saturated rings. The van der Waals surface area contributed by atoms with Crippen molar-refractivity contribution >= 4 is 12.3 Å². The van der Waals surface area contributed by atoms with Gasteiger partial charge < -0.3 is 14.9 Å². The molecule has 1 aromatic rings. The van der Waals surface area contributed by atoms with Crippen LogP contribution in [0.4, 0.5) is 0 Å². The molecule has 0 bridgehead atoms.